The van der Waals surface area contributed by atoms with Crippen molar-refractivity contribution in [1.82, 2.24) is 0 Å². The third-order valence-electron chi connectivity index (χ3n) is 8.23. The maximum Gasteiger partial charge on any atom is -0.00199 e. The van der Waals surface area contributed by atoms with Crippen molar-refractivity contribution in [2.24, 2.45) is 0 Å². The molecule has 0 aliphatic heterocycles. The van der Waals surface area contributed by atoms with Gasteiger partial charge < -0.3 is 0 Å². The molecule has 186 valence electrons. The predicted octanol–water partition coefficient (Wildman–Crippen LogP) is 11.3. The Kier molecular flexibility index (Phi) is 5.24. The van der Waals surface area contributed by atoms with Crippen LogP contribution in [0.1, 0.15) is 0 Å². The summed E-state index contributed by atoms with van der Waals surface area (Å²) in [6.45, 7) is 0. The molecule has 0 amide bonds. The average Bonchev–Trinajstić information content (AvgIpc) is 3.04. The van der Waals surface area contributed by atoms with Crippen LogP contribution >= 0.6 is 0 Å². The molecule has 40 heavy (non-hydrogen) atoms. The standard InChI is InChI=1S/C40H26/c1-3-13-27(14-4-1)29-23-24-31-30(25-29)26-38(33-18-8-7-17-32(31)33)40-36-21-11-9-19-34(36)39(28-15-5-2-6-16-28)35-20-10-12-22-37(35)40/h1-26H. The second-order valence-electron chi connectivity index (χ2n) is 10.5. The average molecular weight is 507 g/mol. The molecule has 0 nitrogen and oxygen atoms in total. The minimum Gasteiger partial charge on any atom is -0.0622 e. The molecule has 0 fully saturated rings. The Hall–Kier alpha value is -5.20. The summed E-state index contributed by atoms with van der Waals surface area (Å²) in [5.74, 6) is 0. The Morgan fingerprint density at radius 2 is 0.725 bits per heavy atom. The second kappa shape index (κ2) is 9.22. The number of benzene rings is 8. The Balaban J connectivity index is 1.52. The number of rotatable bonds is 3. The van der Waals surface area contributed by atoms with Gasteiger partial charge in [-0.1, -0.05) is 146 Å². The molecule has 8 aromatic rings. The Morgan fingerprint density at radius 3 is 1.32 bits per heavy atom. The summed E-state index contributed by atoms with van der Waals surface area (Å²) >= 11 is 0. The van der Waals surface area contributed by atoms with E-state index in [4.69, 9.17) is 0 Å². The van der Waals surface area contributed by atoms with E-state index >= 15 is 0 Å². The van der Waals surface area contributed by atoms with E-state index in [2.05, 4.69) is 158 Å². The maximum absolute atomic E-state index is 2.42. The predicted molar refractivity (Wildman–Crippen MR) is 173 cm³/mol. The van der Waals surface area contributed by atoms with Crippen molar-refractivity contribution in [3.05, 3.63) is 158 Å². The summed E-state index contributed by atoms with van der Waals surface area (Å²) < 4.78 is 0. The summed E-state index contributed by atoms with van der Waals surface area (Å²) in [7, 11) is 0. The molecule has 0 aliphatic carbocycles. The third kappa shape index (κ3) is 3.54. The Bertz CT molecular complexity index is 2130. The van der Waals surface area contributed by atoms with E-state index in [1.807, 2.05) is 0 Å². The van der Waals surface area contributed by atoms with Crippen molar-refractivity contribution in [3.8, 4) is 33.4 Å². The van der Waals surface area contributed by atoms with Gasteiger partial charge >= 0.3 is 0 Å². The van der Waals surface area contributed by atoms with Gasteiger partial charge in [-0.25, -0.2) is 0 Å². The normalized spacial score (nSPS) is 11.5. The van der Waals surface area contributed by atoms with Crippen molar-refractivity contribution in [3.63, 3.8) is 0 Å². The van der Waals surface area contributed by atoms with E-state index in [0.29, 0.717) is 0 Å². The molecular weight excluding hydrogens is 480 g/mol. The molecule has 8 aromatic carbocycles. The molecule has 0 heterocycles. The van der Waals surface area contributed by atoms with Crippen LogP contribution in [-0.4, -0.2) is 0 Å². The van der Waals surface area contributed by atoms with Gasteiger partial charge in [0.15, 0.2) is 0 Å². The zero-order valence-corrected chi connectivity index (χ0v) is 22.0. The first-order valence-electron chi connectivity index (χ1n) is 13.9. The fourth-order valence-electron chi connectivity index (χ4n) is 6.46. The molecule has 0 aliphatic rings. The lowest BCUT2D eigenvalue weighted by Gasteiger charge is -2.19. The first-order chi connectivity index (χ1) is 19.9. The third-order valence-corrected chi connectivity index (χ3v) is 8.23. The summed E-state index contributed by atoms with van der Waals surface area (Å²) in [6.07, 6.45) is 0. The maximum atomic E-state index is 2.42. The van der Waals surface area contributed by atoms with Crippen molar-refractivity contribution in [1.29, 1.82) is 0 Å². The first kappa shape index (κ1) is 22.8. The van der Waals surface area contributed by atoms with Crippen molar-refractivity contribution in [2.45, 2.75) is 0 Å². The quantitative estimate of drug-likeness (QED) is 0.165. The van der Waals surface area contributed by atoms with Gasteiger partial charge in [-0.3, -0.25) is 0 Å². The van der Waals surface area contributed by atoms with E-state index in [9.17, 15) is 0 Å². The SMILES string of the molecule is c1ccc(-c2ccc3c(c2)cc(-c2c4ccccc4c(-c4ccccc4)c4ccccc24)c2ccccc23)cc1. The summed E-state index contributed by atoms with van der Waals surface area (Å²) in [6, 6.07) is 57.5. The number of fused-ring (bicyclic) bond motifs is 5. The van der Waals surface area contributed by atoms with Gasteiger partial charge in [0.1, 0.15) is 0 Å². The van der Waals surface area contributed by atoms with Gasteiger partial charge in [-0.2, -0.15) is 0 Å². The van der Waals surface area contributed by atoms with Crippen LogP contribution in [0.15, 0.2) is 158 Å². The largest absolute Gasteiger partial charge is 0.0622 e. The molecule has 0 saturated heterocycles. The topological polar surface area (TPSA) is 0 Å². The van der Waals surface area contributed by atoms with Crippen LogP contribution in [0.4, 0.5) is 0 Å². The molecule has 0 bridgehead atoms. The minimum atomic E-state index is 1.24. The monoisotopic (exact) mass is 506 g/mol. The highest BCUT2D eigenvalue weighted by atomic mass is 14.2. The van der Waals surface area contributed by atoms with E-state index in [-0.39, 0.29) is 0 Å². The van der Waals surface area contributed by atoms with Gasteiger partial charge in [0.05, 0.1) is 0 Å². The van der Waals surface area contributed by atoms with Crippen LogP contribution < -0.4 is 0 Å². The first-order valence-corrected chi connectivity index (χ1v) is 13.9. The zero-order valence-electron chi connectivity index (χ0n) is 22.0. The molecule has 0 aromatic heterocycles. The van der Waals surface area contributed by atoms with Crippen molar-refractivity contribution >= 4 is 43.1 Å². The zero-order chi connectivity index (χ0) is 26.5. The van der Waals surface area contributed by atoms with Gasteiger partial charge in [0.2, 0.25) is 0 Å². The van der Waals surface area contributed by atoms with E-state index in [1.54, 1.807) is 0 Å². The Morgan fingerprint density at radius 1 is 0.250 bits per heavy atom. The molecule has 0 heteroatoms. The van der Waals surface area contributed by atoms with Crippen LogP contribution in [0, 0.1) is 0 Å². The van der Waals surface area contributed by atoms with Gasteiger partial charge in [0.25, 0.3) is 0 Å². The lowest BCUT2D eigenvalue weighted by molar-refractivity contribution is 1.65. The Labute approximate surface area is 233 Å². The van der Waals surface area contributed by atoms with Crippen LogP contribution in [0.2, 0.25) is 0 Å². The van der Waals surface area contributed by atoms with Gasteiger partial charge in [-0.05, 0) is 88.6 Å². The smallest absolute Gasteiger partial charge is 0.00199 e. The fourth-order valence-corrected chi connectivity index (χ4v) is 6.46. The molecular formula is C40H26. The van der Waals surface area contributed by atoms with Crippen molar-refractivity contribution < 1.29 is 0 Å². The summed E-state index contributed by atoms with van der Waals surface area (Å²) in [5.41, 5.74) is 7.60. The number of hydrogen-bond donors (Lipinski definition) is 0. The molecule has 0 unspecified atom stereocenters. The van der Waals surface area contributed by atoms with Gasteiger partial charge in [-0.15, -0.1) is 0 Å². The van der Waals surface area contributed by atoms with E-state index in [1.165, 1.54) is 76.5 Å². The molecule has 0 atom stereocenters. The molecule has 0 radical (unpaired) electrons. The van der Waals surface area contributed by atoms with Crippen molar-refractivity contribution in [2.75, 3.05) is 0 Å². The van der Waals surface area contributed by atoms with E-state index in [0.717, 1.165) is 0 Å². The van der Waals surface area contributed by atoms with Gasteiger partial charge in [0, 0.05) is 0 Å². The number of hydrogen-bond acceptors (Lipinski definition) is 0. The highest BCUT2D eigenvalue weighted by Crippen LogP contribution is 2.46. The van der Waals surface area contributed by atoms with Crippen LogP contribution in [-0.2, 0) is 0 Å². The van der Waals surface area contributed by atoms with Crippen LogP contribution in [0.25, 0.3) is 76.5 Å². The highest BCUT2D eigenvalue weighted by Gasteiger charge is 2.18. The summed E-state index contributed by atoms with van der Waals surface area (Å²) in [4.78, 5) is 0. The van der Waals surface area contributed by atoms with E-state index < -0.39 is 0 Å². The lowest BCUT2D eigenvalue weighted by Crippen LogP contribution is -1.92. The summed E-state index contributed by atoms with van der Waals surface area (Å²) in [5, 5.41) is 10.2. The molecule has 8 rings (SSSR count). The minimum absolute atomic E-state index is 1.24. The van der Waals surface area contributed by atoms with Crippen LogP contribution in [0.3, 0.4) is 0 Å². The second-order valence-corrected chi connectivity index (χ2v) is 10.5. The molecule has 0 N–H and O–H groups in total. The fraction of sp³-hybridized carbons (Fsp3) is 0. The van der Waals surface area contributed by atoms with Crippen LogP contribution in [0.5, 0.6) is 0 Å². The molecule has 0 spiro atoms. The lowest BCUT2D eigenvalue weighted by atomic mass is 9.83. The highest BCUT2D eigenvalue weighted by molar-refractivity contribution is 6.25. The molecule has 0 saturated carbocycles.